The Kier molecular flexibility index (Phi) is 8.13. The first-order valence-electron chi connectivity index (χ1n) is 12.3. The summed E-state index contributed by atoms with van der Waals surface area (Å²) in [6.45, 7) is 3.39. The average molecular weight is 552 g/mol. The molecule has 4 aromatic rings. The van der Waals surface area contributed by atoms with Gasteiger partial charge in [-0.2, -0.15) is 5.10 Å². The number of carbonyl (C=O) groups is 1. The zero-order valence-corrected chi connectivity index (χ0v) is 22.8. The largest absolute Gasteiger partial charge is 0.309 e. The van der Waals surface area contributed by atoms with Crippen molar-refractivity contribution in [3.63, 3.8) is 0 Å². The molecular formula is C28H29N3O5S2. The van der Waals surface area contributed by atoms with E-state index in [1.54, 1.807) is 44.2 Å². The van der Waals surface area contributed by atoms with Crippen molar-refractivity contribution in [3.05, 3.63) is 84.2 Å². The minimum Gasteiger partial charge on any atom is -0.309 e. The van der Waals surface area contributed by atoms with Crippen molar-refractivity contribution in [2.24, 2.45) is 5.10 Å². The lowest BCUT2D eigenvalue weighted by atomic mass is 10.1. The number of pyridine rings is 1. The fraction of sp³-hybridized carbons (Fsp3) is 0.214. The predicted octanol–water partition coefficient (Wildman–Crippen LogP) is 4.89. The van der Waals surface area contributed by atoms with Gasteiger partial charge in [-0.05, 0) is 35.9 Å². The summed E-state index contributed by atoms with van der Waals surface area (Å²) in [5, 5.41) is 5.20. The highest BCUT2D eigenvalue weighted by atomic mass is 32.2. The summed E-state index contributed by atoms with van der Waals surface area (Å²) in [4.78, 5) is 12.7. The molecular weight excluding hydrogens is 522 g/mol. The maximum Gasteiger partial charge on any atom is 0.289 e. The van der Waals surface area contributed by atoms with Crippen molar-refractivity contribution < 1.29 is 21.6 Å². The van der Waals surface area contributed by atoms with E-state index in [1.807, 2.05) is 42.5 Å². The van der Waals surface area contributed by atoms with Crippen LogP contribution < -0.4 is 5.43 Å². The van der Waals surface area contributed by atoms with Gasteiger partial charge in [0.1, 0.15) is 15.5 Å². The summed E-state index contributed by atoms with van der Waals surface area (Å²) in [7, 11) is -8.21. The number of carbonyl (C=O) groups excluding carboxylic acids is 1. The molecule has 2 aromatic heterocycles. The Hall–Kier alpha value is -3.76. The van der Waals surface area contributed by atoms with Gasteiger partial charge < -0.3 is 4.40 Å². The fourth-order valence-electron chi connectivity index (χ4n) is 4.40. The predicted molar refractivity (Wildman–Crippen MR) is 151 cm³/mol. The van der Waals surface area contributed by atoms with Crippen molar-refractivity contribution in [3.8, 4) is 0 Å². The summed E-state index contributed by atoms with van der Waals surface area (Å²) in [6.07, 6.45) is 6.86. The number of rotatable bonds is 10. The number of hydrogen-bond acceptors (Lipinski definition) is 6. The lowest BCUT2D eigenvalue weighted by molar-refractivity contribution is 0.0945. The molecule has 4 rings (SSSR count). The normalized spacial score (nSPS) is 12.7. The minimum atomic E-state index is -4.15. The Labute approximate surface area is 222 Å². The molecule has 0 saturated heterocycles. The maximum absolute atomic E-state index is 13.6. The number of hydrogen-bond donors (Lipinski definition) is 1. The first-order valence-corrected chi connectivity index (χ1v) is 15.6. The van der Waals surface area contributed by atoms with E-state index in [1.165, 1.54) is 16.8 Å². The molecule has 8 nitrogen and oxygen atoms in total. The van der Waals surface area contributed by atoms with Crippen LogP contribution in [0, 0.1) is 0 Å². The molecule has 0 atom stereocenters. The molecule has 0 spiro atoms. The number of allylic oxidation sites excluding steroid dienone is 1. The molecule has 0 radical (unpaired) electrons. The number of nitrogens with one attached hydrogen (secondary N) is 1. The molecule has 0 aliphatic carbocycles. The van der Waals surface area contributed by atoms with Gasteiger partial charge in [0.2, 0.25) is 0 Å². The molecule has 198 valence electrons. The molecule has 0 saturated carbocycles. The van der Waals surface area contributed by atoms with Crippen LogP contribution in [0.4, 0.5) is 0 Å². The zero-order chi connectivity index (χ0) is 27.3. The summed E-state index contributed by atoms with van der Waals surface area (Å²) >= 11 is 0. The highest BCUT2D eigenvalue weighted by Gasteiger charge is 2.37. The third-order valence-corrected chi connectivity index (χ3v) is 9.99. The van der Waals surface area contributed by atoms with E-state index in [9.17, 15) is 21.6 Å². The lowest BCUT2D eigenvalue weighted by Crippen LogP contribution is -2.23. The first kappa shape index (κ1) is 27.3. The number of hydrazone groups is 1. The van der Waals surface area contributed by atoms with E-state index in [0.29, 0.717) is 5.39 Å². The van der Waals surface area contributed by atoms with Crippen molar-refractivity contribution >= 4 is 54.2 Å². The van der Waals surface area contributed by atoms with Gasteiger partial charge in [-0.25, -0.2) is 22.3 Å². The van der Waals surface area contributed by atoms with Gasteiger partial charge in [-0.1, -0.05) is 74.5 Å². The minimum absolute atomic E-state index is 0.171. The highest BCUT2D eigenvalue weighted by Crippen LogP contribution is 2.37. The van der Waals surface area contributed by atoms with Crippen molar-refractivity contribution in [1.82, 2.24) is 9.83 Å². The van der Waals surface area contributed by atoms with Gasteiger partial charge in [0, 0.05) is 17.8 Å². The van der Waals surface area contributed by atoms with Crippen LogP contribution in [0.5, 0.6) is 0 Å². The number of sulfone groups is 2. The Balaban J connectivity index is 1.93. The number of amides is 1. The molecule has 38 heavy (non-hydrogen) atoms. The van der Waals surface area contributed by atoms with Crippen LogP contribution in [-0.2, 0) is 19.7 Å². The van der Waals surface area contributed by atoms with Gasteiger partial charge in [0.25, 0.3) is 5.91 Å². The smallest absolute Gasteiger partial charge is 0.289 e. The summed E-state index contributed by atoms with van der Waals surface area (Å²) in [6, 6.07) is 18.3. The van der Waals surface area contributed by atoms with E-state index in [-0.39, 0.29) is 40.5 Å². The fourth-order valence-corrected chi connectivity index (χ4v) is 8.39. The van der Waals surface area contributed by atoms with Gasteiger partial charge in [0.15, 0.2) is 19.7 Å². The lowest BCUT2D eigenvalue weighted by Gasteiger charge is -2.09. The maximum atomic E-state index is 13.6. The standard InChI is InChI=1S/C28H29N3O5S2/c1-3-19-37(33,34)26-24-23-15-9-8-14-22(23)16-18-31(24)25(27(26)38(35,36)20-4-2)28(32)30-29-17-10-13-21-11-6-5-7-12-21/h5-18H,3-4,19-20H2,1-2H3,(H,30,32). The number of fused-ring (bicyclic) bond motifs is 3. The molecule has 1 N–H and O–H groups in total. The van der Waals surface area contributed by atoms with Crippen molar-refractivity contribution in [1.29, 1.82) is 0 Å². The molecule has 0 unspecified atom stereocenters. The van der Waals surface area contributed by atoms with Crippen LogP contribution in [0.1, 0.15) is 42.7 Å². The number of nitrogens with zero attached hydrogens (tertiary/aromatic N) is 2. The number of benzene rings is 2. The van der Waals surface area contributed by atoms with Crippen LogP contribution >= 0.6 is 0 Å². The van der Waals surface area contributed by atoms with E-state index in [2.05, 4.69) is 10.5 Å². The summed E-state index contributed by atoms with van der Waals surface area (Å²) < 4.78 is 55.6. The van der Waals surface area contributed by atoms with Gasteiger partial charge in [-0.15, -0.1) is 0 Å². The molecule has 0 bridgehead atoms. The van der Waals surface area contributed by atoms with E-state index >= 15 is 0 Å². The Morgan fingerprint density at radius 2 is 1.50 bits per heavy atom. The first-order chi connectivity index (χ1) is 18.2. The van der Waals surface area contributed by atoms with E-state index in [0.717, 1.165) is 10.9 Å². The average Bonchev–Trinajstić information content (AvgIpc) is 3.27. The summed E-state index contributed by atoms with van der Waals surface area (Å²) in [5.41, 5.74) is 3.21. The Morgan fingerprint density at radius 3 is 2.18 bits per heavy atom. The molecule has 0 aliphatic rings. The molecule has 2 aromatic carbocycles. The molecule has 0 aliphatic heterocycles. The van der Waals surface area contributed by atoms with Crippen LogP contribution in [0.2, 0.25) is 0 Å². The van der Waals surface area contributed by atoms with Crippen molar-refractivity contribution in [2.75, 3.05) is 11.5 Å². The third-order valence-electron chi connectivity index (χ3n) is 5.93. The SMILES string of the molecule is CCCS(=O)(=O)c1c(S(=O)(=O)CCC)c2c3ccccc3ccn2c1C(=O)NN=CC=Cc1ccccc1. The summed E-state index contributed by atoms with van der Waals surface area (Å²) in [5.74, 6) is -1.39. The quantitative estimate of drug-likeness (QED) is 0.223. The van der Waals surface area contributed by atoms with Crippen molar-refractivity contribution in [2.45, 2.75) is 36.5 Å². The highest BCUT2D eigenvalue weighted by molar-refractivity contribution is 7.94. The second-order valence-corrected chi connectivity index (χ2v) is 12.8. The van der Waals surface area contributed by atoms with Crippen LogP contribution in [0.3, 0.4) is 0 Å². The topological polar surface area (TPSA) is 114 Å². The number of aromatic nitrogens is 1. The molecule has 0 fully saturated rings. The zero-order valence-electron chi connectivity index (χ0n) is 21.2. The monoisotopic (exact) mass is 551 g/mol. The van der Waals surface area contributed by atoms with Gasteiger partial charge in [-0.3, -0.25) is 4.79 Å². The Morgan fingerprint density at radius 1 is 0.868 bits per heavy atom. The van der Waals surface area contributed by atoms with Crippen LogP contribution in [-0.4, -0.2) is 44.9 Å². The molecule has 10 heteroatoms. The molecule has 1 amide bonds. The third kappa shape index (κ3) is 5.41. The van der Waals surface area contributed by atoms with Crippen LogP contribution in [0.25, 0.3) is 22.4 Å². The van der Waals surface area contributed by atoms with E-state index < -0.39 is 30.5 Å². The van der Waals surface area contributed by atoms with Gasteiger partial charge >= 0.3 is 0 Å². The van der Waals surface area contributed by atoms with Gasteiger partial charge in [0.05, 0.1) is 17.0 Å². The second-order valence-electron chi connectivity index (χ2n) is 8.76. The molecule has 2 heterocycles. The Bertz CT molecular complexity index is 1750. The second kappa shape index (κ2) is 11.3. The van der Waals surface area contributed by atoms with E-state index in [4.69, 9.17) is 0 Å². The van der Waals surface area contributed by atoms with Crippen LogP contribution in [0.15, 0.2) is 87.8 Å².